The first-order chi connectivity index (χ1) is 20.0. The summed E-state index contributed by atoms with van der Waals surface area (Å²) in [5.41, 5.74) is 6.25. The van der Waals surface area contributed by atoms with Crippen molar-refractivity contribution in [1.82, 2.24) is 34.9 Å². The minimum atomic E-state index is -1.10. The van der Waals surface area contributed by atoms with Crippen LogP contribution in [0.5, 0.6) is 5.88 Å². The summed E-state index contributed by atoms with van der Waals surface area (Å²) in [7, 11) is 3.66. The molecular weight excluding hydrogens is 524 g/mol. The van der Waals surface area contributed by atoms with E-state index in [1.807, 2.05) is 24.3 Å². The molecule has 1 aromatic carbocycles. The smallest absolute Gasteiger partial charge is 0.212 e. The zero-order chi connectivity index (χ0) is 28.8. The number of aromatic nitrogens is 5. The van der Waals surface area contributed by atoms with E-state index in [1.165, 1.54) is 6.08 Å². The van der Waals surface area contributed by atoms with Crippen molar-refractivity contribution < 1.29 is 19.8 Å². The summed E-state index contributed by atoms with van der Waals surface area (Å²) in [4.78, 5) is 23.8. The molecule has 0 spiro atoms. The second kappa shape index (κ2) is 13.1. The Balaban J connectivity index is 1.43. The number of benzene rings is 1. The lowest BCUT2D eigenvalue weighted by Gasteiger charge is -2.28. The number of aryl methyl sites for hydroxylation is 1. The number of morpholine rings is 1. The molecule has 1 aliphatic rings. The molecule has 41 heavy (non-hydrogen) atoms. The van der Waals surface area contributed by atoms with Gasteiger partial charge in [0.15, 0.2) is 22.8 Å². The Hall–Kier alpha value is -3.94. The summed E-state index contributed by atoms with van der Waals surface area (Å²) < 4.78 is 13.0. The van der Waals surface area contributed by atoms with Gasteiger partial charge >= 0.3 is 0 Å². The number of hydrogen-bond donors (Lipinski definition) is 3. The van der Waals surface area contributed by atoms with Crippen molar-refractivity contribution in [2.45, 2.75) is 32.8 Å². The van der Waals surface area contributed by atoms with Crippen molar-refractivity contribution in [3.63, 3.8) is 0 Å². The zero-order valence-corrected chi connectivity index (χ0v) is 23.6. The predicted molar refractivity (Wildman–Crippen MR) is 155 cm³/mol. The van der Waals surface area contributed by atoms with Crippen molar-refractivity contribution in [2.24, 2.45) is 0 Å². The summed E-state index contributed by atoms with van der Waals surface area (Å²) >= 11 is 0. The molecule has 3 aromatic heterocycles. The van der Waals surface area contributed by atoms with Crippen LogP contribution in [0.2, 0.25) is 0 Å². The third kappa shape index (κ3) is 6.69. The first-order valence-electron chi connectivity index (χ1n) is 13.6. The number of rotatable bonds is 11. The van der Waals surface area contributed by atoms with Gasteiger partial charge in [-0.15, -0.1) is 0 Å². The molecule has 12 nitrogen and oxygen atoms in total. The van der Waals surface area contributed by atoms with E-state index in [1.54, 1.807) is 24.9 Å². The molecule has 5 rings (SSSR count). The number of fused-ring (bicyclic) bond motifs is 1. The second-order valence-electron chi connectivity index (χ2n) is 9.85. The van der Waals surface area contributed by atoms with E-state index in [9.17, 15) is 5.11 Å². The number of hydroxylamine groups is 1. The first kappa shape index (κ1) is 28.6. The average molecular weight is 561 g/mol. The lowest BCUT2D eigenvalue weighted by atomic mass is 10.1. The third-order valence-corrected chi connectivity index (χ3v) is 6.93. The Morgan fingerprint density at radius 1 is 1.10 bits per heavy atom. The maximum Gasteiger partial charge on any atom is 0.212 e. The van der Waals surface area contributed by atoms with Crippen LogP contribution in [0.15, 0.2) is 48.7 Å². The van der Waals surface area contributed by atoms with Crippen LogP contribution in [0, 0.1) is 0 Å². The molecule has 0 amide bonds. The van der Waals surface area contributed by atoms with Crippen LogP contribution in [0.1, 0.15) is 23.9 Å². The zero-order valence-electron chi connectivity index (χ0n) is 23.6. The molecular formula is C29H36N8O4. The van der Waals surface area contributed by atoms with Crippen molar-refractivity contribution in [1.29, 1.82) is 0 Å². The van der Waals surface area contributed by atoms with E-state index in [4.69, 9.17) is 29.6 Å². The minimum Gasteiger partial charge on any atom is -0.481 e. The minimum absolute atomic E-state index is 0.538. The maximum atomic E-state index is 9.43. The van der Waals surface area contributed by atoms with Crippen molar-refractivity contribution >= 4 is 23.1 Å². The van der Waals surface area contributed by atoms with Gasteiger partial charge in [-0.2, -0.15) is 5.48 Å². The summed E-state index contributed by atoms with van der Waals surface area (Å²) in [6, 6.07) is 11.8. The second-order valence-corrected chi connectivity index (χ2v) is 9.85. The van der Waals surface area contributed by atoms with Crippen molar-refractivity contribution in [3.05, 3.63) is 65.6 Å². The van der Waals surface area contributed by atoms with Crippen LogP contribution in [0.3, 0.4) is 0 Å². The highest BCUT2D eigenvalue weighted by molar-refractivity contribution is 5.86. The number of hydrogen-bond acceptors (Lipinski definition) is 11. The van der Waals surface area contributed by atoms with E-state index in [2.05, 4.69) is 45.5 Å². The van der Waals surface area contributed by atoms with Gasteiger partial charge in [0.2, 0.25) is 5.88 Å². The number of anilines is 1. The van der Waals surface area contributed by atoms with Crippen LogP contribution in [0.25, 0.3) is 28.6 Å². The number of aliphatic hydroxyl groups excluding tert-OH is 1. The molecule has 1 fully saturated rings. The van der Waals surface area contributed by atoms with Gasteiger partial charge in [0, 0.05) is 44.0 Å². The topological polar surface area (TPSA) is 134 Å². The number of nitrogens with zero attached hydrogens (tertiary/aromatic N) is 7. The molecule has 1 atom stereocenters. The van der Waals surface area contributed by atoms with E-state index in [0.717, 1.165) is 65.7 Å². The van der Waals surface area contributed by atoms with Gasteiger partial charge in [-0.25, -0.2) is 19.9 Å². The summed E-state index contributed by atoms with van der Waals surface area (Å²) in [6.07, 6.45) is 3.85. The van der Waals surface area contributed by atoms with Gasteiger partial charge in [0.05, 0.1) is 26.9 Å². The Morgan fingerprint density at radius 2 is 1.88 bits per heavy atom. The molecule has 3 N–H and O–H groups in total. The highest BCUT2D eigenvalue weighted by atomic mass is 16.5. The van der Waals surface area contributed by atoms with Gasteiger partial charge in [-0.3, -0.25) is 4.90 Å². The largest absolute Gasteiger partial charge is 0.481 e. The Kier molecular flexibility index (Phi) is 9.17. The van der Waals surface area contributed by atoms with Crippen molar-refractivity contribution in [3.8, 4) is 17.3 Å². The standard InChI is InChI=1S/C29H36N8O4/c1-4-37-23(19-35(2)18-21-7-5-20(6-8-21)9-11-24(38)34-39)31-26-28(36-13-15-41-16-14-36)32-27(33-29(26)37)22-10-12-25(40-3)30-17-22/h5-12,17,24,34,38-39H,4,13-16,18-19H2,1-3H3. The highest BCUT2D eigenvalue weighted by Gasteiger charge is 2.23. The monoisotopic (exact) mass is 560 g/mol. The van der Waals surface area contributed by atoms with E-state index >= 15 is 0 Å². The van der Waals surface area contributed by atoms with E-state index in [0.29, 0.717) is 31.5 Å². The molecule has 1 aliphatic heterocycles. The fraction of sp³-hybridized carbons (Fsp3) is 0.379. The summed E-state index contributed by atoms with van der Waals surface area (Å²) in [5.74, 6) is 2.87. The molecule has 4 heterocycles. The summed E-state index contributed by atoms with van der Waals surface area (Å²) in [6.45, 7) is 6.93. The number of imidazole rings is 1. The fourth-order valence-corrected chi connectivity index (χ4v) is 4.83. The number of nitrogens with one attached hydrogen (secondary N) is 1. The molecule has 0 saturated carbocycles. The molecule has 1 saturated heterocycles. The molecule has 216 valence electrons. The van der Waals surface area contributed by atoms with Crippen molar-refractivity contribution in [2.75, 3.05) is 45.4 Å². The SMILES string of the molecule is CCn1c(CN(C)Cc2ccc(C=CC(O)NO)cc2)nc2c(N3CCOCC3)nc(-c3ccc(OC)nc3)nc21. The average Bonchev–Trinajstić information content (AvgIpc) is 3.37. The lowest BCUT2D eigenvalue weighted by molar-refractivity contribution is 0.0323. The van der Waals surface area contributed by atoms with Gasteiger partial charge in [-0.05, 0) is 37.2 Å². The lowest BCUT2D eigenvalue weighted by Crippen LogP contribution is -2.37. The van der Waals surface area contributed by atoms with Crippen LogP contribution in [-0.4, -0.2) is 86.4 Å². The van der Waals surface area contributed by atoms with Gasteiger partial charge in [0.25, 0.3) is 0 Å². The van der Waals surface area contributed by atoms with E-state index in [-0.39, 0.29) is 0 Å². The molecule has 0 aliphatic carbocycles. The Labute approximate surface area is 238 Å². The first-order valence-corrected chi connectivity index (χ1v) is 13.6. The van der Waals surface area contributed by atoms with Gasteiger partial charge in [0.1, 0.15) is 12.1 Å². The van der Waals surface area contributed by atoms with Crippen LogP contribution >= 0.6 is 0 Å². The number of methoxy groups -OCH3 is 1. The number of aliphatic hydroxyl groups is 1. The number of pyridine rings is 1. The van der Waals surface area contributed by atoms with Crippen LogP contribution in [0.4, 0.5) is 5.82 Å². The van der Waals surface area contributed by atoms with Gasteiger partial charge < -0.3 is 29.3 Å². The third-order valence-electron chi connectivity index (χ3n) is 6.93. The van der Waals surface area contributed by atoms with E-state index < -0.39 is 6.23 Å². The van der Waals surface area contributed by atoms with Crippen LogP contribution in [-0.2, 0) is 24.4 Å². The summed E-state index contributed by atoms with van der Waals surface area (Å²) in [5, 5.41) is 18.2. The van der Waals surface area contributed by atoms with Gasteiger partial charge in [-0.1, -0.05) is 30.3 Å². The normalized spacial score (nSPS) is 14.8. The molecule has 1 unspecified atom stereocenters. The Morgan fingerprint density at radius 3 is 2.54 bits per heavy atom. The molecule has 4 aromatic rings. The molecule has 0 radical (unpaired) electrons. The quantitative estimate of drug-likeness (QED) is 0.185. The van der Waals surface area contributed by atoms with Crippen LogP contribution < -0.4 is 15.1 Å². The maximum absolute atomic E-state index is 9.43. The molecule has 12 heteroatoms. The Bertz CT molecular complexity index is 1470. The fourth-order valence-electron chi connectivity index (χ4n) is 4.83. The highest BCUT2D eigenvalue weighted by Crippen LogP contribution is 2.29. The predicted octanol–water partition coefficient (Wildman–Crippen LogP) is 2.70. The number of ether oxygens (including phenoxy) is 2. The molecule has 0 bridgehead atoms.